The van der Waals surface area contributed by atoms with E-state index in [9.17, 15) is 0 Å². The van der Waals surface area contributed by atoms with Crippen LogP contribution in [0.15, 0.2) is 35.9 Å². The minimum atomic E-state index is 0.963. The summed E-state index contributed by atoms with van der Waals surface area (Å²) >= 11 is 2.67. The molecule has 6 nitrogen and oxygen atoms in total. The molecule has 0 unspecified atom stereocenters. The van der Waals surface area contributed by atoms with Gasteiger partial charge in [0.25, 0.3) is 0 Å². The molecule has 0 aromatic heterocycles. The van der Waals surface area contributed by atoms with E-state index in [1.807, 2.05) is 24.4 Å². The van der Waals surface area contributed by atoms with Gasteiger partial charge in [0, 0.05) is 0 Å². The van der Waals surface area contributed by atoms with Gasteiger partial charge in [-0.25, -0.2) is 0 Å². The van der Waals surface area contributed by atoms with E-state index in [1.54, 1.807) is 0 Å². The van der Waals surface area contributed by atoms with E-state index in [4.69, 9.17) is 23.3 Å². The van der Waals surface area contributed by atoms with Crippen LogP contribution < -0.4 is 0 Å². The maximum atomic E-state index is 7.50. The number of likely N-dealkylation sites (N-methyl/N-ethyl adjacent to an activating group) is 1. The average Bonchev–Trinajstić information content (AvgIpc) is 2.64. The Labute approximate surface area is 131 Å². The predicted octanol–water partition coefficient (Wildman–Crippen LogP) is 1.19. The van der Waals surface area contributed by atoms with Crippen LogP contribution in [-0.4, -0.2) is 16.0 Å². The van der Waals surface area contributed by atoms with Crippen LogP contribution in [-0.2, 0) is 39.1 Å². The third-order valence-corrected chi connectivity index (χ3v) is 1.62. The van der Waals surface area contributed by atoms with Crippen LogP contribution in [0.3, 0.4) is 0 Å². The molecular formula is C14H9CrNO5. The minimum absolute atomic E-state index is 0.963. The molecule has 0 amide bonds. The monoisotopic (exact) mass is 323 g/mol. The van der Waals surface area contributed by atoms with Gasteiger partial charge in [0.05, 0.1) is 0 Å². The van der Waals surface area contributed by atoms with Crippen LogP contribution in [0.5, 0.6) is 0 Å². The summed E-state index contributed by atoms with van der Waals surface area (Å²) in [5.74, 6) is 0. The van der Waals surface area contributed by atoms with Gasteiger partial charge in [-0.15, -0.1) is 0 Å². The Morgan fingerprint density at radius 1 is 0.952 bits per heavy atom. The third kappa shape index (κ3) is 23.5. The number of nitrogens with zero attached hydrogens (tertiary/aromatic N) is 1. The molecule has 0 bridgehead atoms. The summed E-state index contributed by atoms with van der Waals surface area (Å²) in [5, 5.41) is 0. The molecule has 0 fully saturated rings. The van der Waals surface area contributed by atoms with Crippen molar-refractivity contribution in [2.24, 2.45) is 0 Å². The standard InChI is InChI=1S/C9H9N.5CO.Cr/c1-3-9-7-5-6-8-10(9)4-2;5*1-2;/h5-8H,4H2,2H3;;;;;;. The molecule has 0 saturated heterocycles. The Morgan fingerprint density at radius 2 is 1.38 bits per heavy atom. The van der Waals surface area contributed by atoms with Crippen LogP contribution >= 0.6 is 0 Å². The van der Waals surface area contributed by atoms with E-state index < -0.39 is 0 Å². The molecule has 0 saturated carbocycles. The summed E-state index contributed by atoms with van der Waals surface area (Å²) in [6.07, 6.45) is 8.04. The zero-order chi connectivity index (χ0) is 18.1. The summed E-state index contributed by atoms with van der Waals surface area (Å²) in [7, 11) is 0. The first-order valence-electron chi connectivity index (χ1n) is 4.52. The fraction of sp³-hybridized carbons (Fsp3) is 0.143. The number of hydrogen-bond acceptors (Lipinski definition) is 1. The molecule has 0 aromatic rings. The van der Waals surface area contributed by atoms with Crippen LogP contribution in [0.1, 0.15) is 6.92 Å². The zero-order valence-electron chi connectivity index (χ0n) is 10.9. The van der Waals surface area contributed by atoms with Crippen molar-refractivity contribution < 1.29 is 39.1 Å². The predicted molar refractivity (Wildman–Crippen MR) is 62.3 cm³/mol. The van der Waals surface area contributed by atoms with Crippen molar-refractivity contribution in [3.05, 3.63) is 69.1 Å². The second-order valence-corrected chi connectivity index (χ2v) is 2.42. The quantitative estimate of drug-likeness (QED) is 0.404. The summed E-state index contributed by atoms with van der Waals surface area (Å²) in [6, 6.07) is 0. The molecular weight excluding hydrogens is 314 g/mol. The van der Waals surface area contributed by atoms with Crippen LogP contribution in [0.4, 0.5) is 0 Å². The van der Waals surface area contributed by atoms with Crippen molar-refractivity contribution in [1.29, 1.82) is 0 Å². The van der Waals surface area contributed by atoms with E-state index in [0.717, 1.165) is 12.2 Å². The summed E-state index contributed by atoms with van der Waals surface area (Å²) in [5.41, 5.74) is 4.03. The van der Waals surface area contributed by atoms with Gasteiger partial charge in [0.1, 0.15) is 0 Å². The zero-order valence-corrected chi connectivity index (χ0v) is 12.2. The van der Waals surface area contributed by atoms with Crippen molar-refractivity contribution >= 4 is 4.54 Å². The van der Waals surface area contributed by atoms with Crippen molar-refractivity contribution in [1.82, 2.24) is 4.90 Å². The molecule has 0 aromatic carbocycles. The Bertz CT molecular complexity index is 435. The van der Waals surface area contributed by atoms with Crippen molar-refractivity contribution in [3.63, 3.8) is 0 Å². The molecule has 0 spiro atoms. The van der Waals surface area contributed by atoms with Gasteiger partial charge in [0.15, 0.2) is 0 Å². The molecule has 1 rings (SSSR count). The van der Waals surface area contributed by atoms with Gasteiger partial charge >= 0.3 is 131 Å². The van der Waals surface area contributed by atoms with Crippen molar-refractivity contribution in [2.75, 3.05) is 6.54 Å². The molecule has 0 atom stereocenters. The molecule has 0 N–H and O–H groups in total. The molecule has 0 aliphatic carbocycles. The number of allylic oxidation sites excluding steroid dienone is 3. The normalized spacial score (nSPS) is 8.14. The first kappa shape index (κ1) is 31.4. The summed E-state index contributed by atoms with van der Waals surface area (Å²) < 4.78 is 40.3. The molecule has 1 aliphatic rings. The second-order valence-electron chi connectivity index (χ2n) is 2.10. The molecule has 0 radical (unpaired) electrons. The van der Waals surface area contributed by atoms with E-state index in [-0.39, 0.29) is 0 Å². The fourth-order valence-corrected chi connectivity index (χ4v) is 1.08. The van der Waals surface area contributed by atoms with Crippen LogP contribution in [0.25, 0.3) is 0 Å². The Balaban J connectivity index is -0.0000000727. The molecule has 1 aliphatic heterocycles. The van der Waals surface area contributed by atoms with E-state index in [2.05, 4.69) is 71.2 Å². The third-order valence-electron chi connectivity index (χ3n) is 1.46. The fourth-order valence-electron chi connectivity index (χ4n) is 0.918. The first-order valence-corrected chi connectivity index (χ1v) is 5.16. The molecule has 106 valence electrons. The second kappa shape index (κ2) is 43.0. The maximum absolute atomic E-state index is 7.50. The Morgan fingerprint density at radius 3 is 1.71 bits per heavy atom. The SMILES string of the molecule is CCN1C=CC=CC1=C=[C]=[Cr].[C-]#[O+].[C-]#[O+].[C-]#[O+].[C-]#[O+].[C-]#[O+]. The Hall–Kier alpha value is -2.06. The topological polar surface area (TPSA) is 103 Å². The molecule has 21 heavy (non-hydrogen) atoms. The summed E-state index contributed by atoms with van der Waals surface area (Å²) in [6.45, 7) is 25.6. The van der Waals surface area contributed by atoms with Crippen molar-refractivity contribution in [2.45, 2.75) is 6.92 Å². The molecule has 1 heterocycles. The molecule has 7 heteroatoms. The van der Waals surface area contributed by atoms with E-state index >= 15 is 0 Å². The van der Waals surface area contributed by atoms with Gasteiger partial charge in [-0.2, -0.15) is 0 Å². The van der Waals surface area contributed by atoms with Gasteiger partial charge in [-0.3, -0.25) is 0 Å². The van der Waals surface area contributed by atoms with Gasteiger partial charge in [-0.1, -0.05) is 0 Å². The number of rotatable bonds is 1. The first-order chi connectivity index (χ1) is 10.4. The number of hydrogen-bond donors (Lipinski definition) is 0. The average molecular weight is 323 g/mol. The summed E-state index contributed by atoms with van der Waals surface area (Å²) in [4.78, 5) is 2.10. The van der Waals surface area contributed by atoms with E-state index in [1.165, 1.54) is 0 Å². The Kier molecular flexibility index (Phi) is 64.3. The van der Waals surface area contributed by atoms with E-state index in [0.29, 0.717) is 0 Å². The van der Waals surface area contributed by atoms with Gasteiger partial charge in [0.2, 0.25) is 0 Å². The van der Waals surface area contributed by atoms with Crippen LogP contribution in [0, 0.1) is 33.3 Å². The van der Waals surface area contributed by atoms with Crippen molar-refractivity contribution in [3.8, 4) is 0 Å². The van der Waals surface area contributed by atoms with Gasteiger partial charge in [-0.05, 0) is 0 Å². The van der Waals surface area contributed by atoms with Gasteiger partial charge < -0.3 is 0 Å². The van der Waals surface area contributed by atoms with Crippen LogP contribution in [0.2, 0.25) is 0 Å².